The summed E-state index contributed by atoms with van der Waals surface area (Å²) in [5.74, 6) is -1.09. The van der Waals surface area contributed by atoms with Gasteiger partial charge in [-0.1, -0.05) is 30.3 Å². The van der Waals surface area contributed by atoms with Crippen molar-refractivity contribution in [2.75, 3.05) is 0 Å². The summed E-state index contributed by atoms with van der Waals surface area (Å²) in [5.41, 5.74) is 11.7. The Morgan fingerprint density at radius 2 is 1.77 bits per heavy atom. The zero-order chi connectivity index (χ0) is 9.84. The highest BCUT2D eigenvalue weighted by atomic mass is 16.4. The summed E-state index contributed by atoms with van der Waals surface area (Å²) in [6.07, 6.45) is 0. The monoisotopic (exact) mass is 180 g/mol. The Balaban J connectivity index is 2.79. The van der Waals surface area contributed by atoms with E-state index in [1.165, 1.54) is 0 Å². The molecule has 2 atom stereocenters. The van der Waals surface area contributed by atoms with Crippen molar-refractivity contribution < 1.29 is 9.90 Å². The largest absolute Gasteiger partial charge is 0.480 e. The normalized spacial score (nSPS) is 14.9. The van der Waals surface area contributed by atoms with E-state index in [9.17, 15) is 4.79 Å². The average Bonchev–Trinajstić information content (AvgIpc) is 2.17. The fourth-order valence-electron chi connectivity index (χ4n) is 1.04. The van der Waals surface area contributed by atoms with E-state index >= 15 is 0 Å². The smallest absolute Gasteiger partial charge is 0.322 e. The standard InChI is InChI=1S/C9H12N2O2/c10-7(8(11)9(12)13)6-4-2-1-3-5-6/h1-5,7-8H,10-11H2,(H,12,13)/t7-,8+/m1/s1. The first kappa shape index (κ1) is 9.70. The predicted octanol–water partition coefficient (Wildman–Crippen LogP) is 0.0983. The maximum absolute atomic E-state index is 10.5. The SMILES string of the molecule is N[C@H](C(=O)O)[C@H](N)c1ccccc1. The molecule has 0 aromatic heterocycles. The molecule has 0 spiro atoms. The van der Waals surface area contributed by atoms with Gasteiger partial charge in [-0.3, -0.25) is 4.79 Å². The molecule has 70 valence electrons. The number of benzene rings is 1. The molecular weight excluding hydrogens is 168 g/mol. The van der Waals surface area contributed by atoms with Crippen molar-refractivity contribution in [2.45, 2.75) is 12.1 Å². The molecule has 0 saturated heterocycles. The van der Waals surface area contributed by atoms with Gasteiger partial charge < -0.3 is 16.6 Å². The van der Waals surface area contributed by atoms with Gasteiger partial charge in [0.1, 0.15) is 6.04 Å². The topological polar surface area (TPSA) is 89.3 Å². The van der Waals surface area contributed by atoms with Crippen LogP contribution in [0.2, 0.25) is 0 Å². The molecule has 4 nitrogen and oxygen atoms in total. The van der Waals surface area contributed by atoms with Crippen LogP contribution in [0.25, 0.3) is 0 Å². The van der Waals surface area contributed by atoms with Gasteiger partial charge in [0.2, 0.25) is 0 Å². The first-order valence-corrected chi connectivity index (χ1v) is 3.92. The zero-order valence-electron chi connectivity index (χ0n) is 7.05. The molecule has 0 bridgehead atoms. The summed E-state index contributed by atoms with van der Waals surface area (Å²) in [6.45, 7) is 0. The van der Waals surface area contributed by atoms with Gasteiger partial charge in [0, 0.05) is 0 Å². The number of rotatable bonds is 3. The van der Waals surface area contributed by atoms with Crippen molar-refractivity contribution in [1.82, 2.24) is 0 Å². The Labute approximate surface area is 76.2 Å². The van der Waals surface area contributed by atoms with Crippen LogP contribution in [0.5, 0.6) is 0 Å². The van der Waals surface area contributed by atoms with E-state index < -0.39 is 18.1 Å². The van der Waals surface area contributed by atoms with Crippen LogP contribution >= 0.6 is 0 Å². The Morgan fingerprint density at radius 3 is 2.23 bits per heavy atom. The molecule has 13 heavy (non-hydrogen) atoms. The van der Waals surface area contributed by atoms with Gasteiger partial charge >= 0.3 is 5.97 Å². The molecule has 0 fully saturated rings. The van der Waals surface area contributed by atoms with Crippen molar-refractivity contribution >= 4 is 5.97 Å². The summed E-state index contributed by atoms with van der Waals surface area (Å²) in [4.78, 5) is 10.5. The van der Waals surface area contributed by atoms with Crippen LogP contribution in [0.1, 0.15) is 11.6 Å². The summed E-state index contributed by atoms with van der Waals surface area (Å²) in [7, 11) is 0. The van der Waals surface area contributed by atoms with E-state index in [-0.39, 0.29) is 0 Å². The molecule has 0 aliphatic heterocycles. The highest BCUT2D eigenvalue weighted by Crippen LogP contribution is 2.11. The van der Waals surface area contributed by atoms with Crippen LogP contribution in [-0.2, 0) is 4.79 Å². The second-order valence-electron chi connectivity index (χ2n) is 2.80. The lowest BCUT2D eigenvalue weighted by Gasteiger charge is -2.15. The Hall–Kier alpha value is -1.39. The van der Waals surface area contributed by atoms with Crippen LogP contribution in [-0.4, -0.2) is 17.1 Å². The highest BCUT2D eigenvalue weighted by molar-refractivity contribution is 5.74. The Bertz CT molecular complexity index is 287. The molecule has 0 aliphatic carbocycles. The molecule has 4 heteroatoms. The molecule has 1 rings (SSSR count). The second kappa shape index (κ2) is 4.02. The quantitative estimate of drug-likeness (QED) is 0.615. The van der Waals surface area contributed by atoms with E-state index in [0.717, 1.165) is 5.56 Å². The van der Waals surface area contributed by atoms with Crippen molar-refractivity contribution in [3.8, 4) is 0 Å². The van der Waals surface area contributed by atoms with Crippen LogP contribution in [0.3, 0.4) is 0 Å². The van der Waals surface area contributed by atoms with Crippen LogP contribution in [0.4, 0.5) is 0 Å². The summed E-state index contributed by atoms with van der Waals surface area (Å²) < 4.78 is 0. The fourth-order valence-corrected chi connectivity index (χ4v) is 1.04. The molecule has 1 aromatic carbocycles. The van der Waals surface area contributed by atoms with E-state index in [2.05, 4.69) is 0 Å². The second-order valence-corrected chi connectivity index (χ2v) is 2.80. The molecule has 0 amide bonds. The van der Waals surface area contributed by atoms with Gasteiger partial charge in [-0.2, -0.15) is 0 Å². The van der Waals surface area contributed by atoms with Crippen LogP contribution in [0, 0.1) is 0 Å². The minimum absolute atomic E-state index is 0.654. The number of carboxylic acid groups (broad SMARTS) is 1. The van der Waals surface area contributed by atoms with E-state index in [4.69, 9.17) is 16.6 Å². The van der Waals surface area contributed by atoms with Crippen molar-refractivity contribution in [3.63, 3.8) is 0 Å². The van der Waals surface area contributed by atoms with E-state index in [1.807, 2.05) is 6.07 Å². The average molecular weight is 180 g/mol. The Kier molecular flexibility index (Phi) is 3.00. The molecule has 1 aromatic rings. The van der Waals surface area contributed by atoms with Gasteiger partial charge in [-0.25, -0.2) is 0 Å². The molecule has 0 saturated carbocycles. The lowest BCUT2D eigenvalue weighted by atomic mass is 10.0. The van der Waals surface area contributed by atoms with Crippen LogP contribution in [0.15, 0.2) is 30.3 Å². The summed E-state index contributed by atoms with van der Waals surface area (Å²) in [6, 6.07) is 7.23. The third-order valence-corrected chi connectivity index (χ3v) is 1.86. The van der Waals surface area contributed by atoms with E-state index in [1.54, 1.807) is 24.3 Å². The summed E-state index contributed by atoms with van der Waals surface area (Å²) >= 11 is 0. The van der Waals surface area contributed by atoms with Gasteiger partial charge in [-0.15, -0.1) is 0 Å². The molecule has 0 heterocycles. The number of carboxylic acids is 1. The molecule has 5 N–H and O–H groups in total. The van der Waals surface area contributed by atoms with Gasteiger partial charge in [-0.05, 0) is 5.56 Å². The van der Waals surface area contributed by atoms with E-state index in [0.29, 0.717) is 0 Å². The maximum Gasteiger partial charge on any atom is 0.322 e. The number of aliphatic carboxylic acids is 1. The minimum atomic E-state index is -1.09. The lowest BCUT2D eigenvalue weighted by Crippen LogP contribution is -2.40. The minimum Gasteiger partial charge on any atom is -0.480 e. The van der Waals surface area contributed by atoms with Gasteiger partial charge in [0.05, 0.1) is 6.04 Å². The van der Waals surface area contributed by atoms with Crippen molar-refractivity contribution in [3.05, 3.63) is 35.9 Å². The number of hydrogen-bond acceptors (Lipinski definition) is 3. The Morgan fingerprint density at radius 1 is 1.23 bits per heavy atom. The molecule has 0 aliphatic rings. The predicted molar refractivity (Wildman–Crippen MR) is 49.0 cm³/mol. The van der Waals surface area contributed by atoms with Gasteiger partial charge in [0.15, 0.2) is 0 Å². The molecular formula is C9H12N2O2. The van der Waals surface area contributed by atoms with Gasteiger partial charge in [0.25, 0.3) is 0 Å². The first-order valence-electron chi connectivity index (χ1n) is 3.92. The summed E-state index contributed by atoms with van der Waals surface area (Å²) in [5, 5.41) is 8.61. The third-order valence-electron chi connectivity index (χ3n) is 1.86. The van der Waals surface area contributed by atoms with Crippen molar-refractivity contribution in [2.24, 2.45) is 11.5 Å². The molecule has 0 radical (unpaired) electrons. The first-order chi connectivity index (χ1) is 6.13. The number of hydrogen-bond donors (Lipinski definition) is 3. The maximum atomic E-state index is 10.5. The number of carbonyl (C=O) groups is 1. The lowest BCUT2D eigenvalue weighted by molar-refractivity contribution is -0.139. The number of nitrogens with two attached hydrogens (primary N) is 2. The molecule has 0 unspecified atom stereocenters. The third kappa shape index (κ3) is 2.27. The van der Waals surface area contributed by atoms with Crippen molar-refractivity contribution in [1.29, 1.82) is 0 Å². The fraction of sp³-hybridized carbons (Fsp3) is 0.222. The zero-order valence-corrected chi connectivity index (χ0v) is 7.05. The highest BCUT2D eigenvalue weighted by Gasteiger charge is 2.21. The van der Waals surface area contributed by atoms with Crippen LogP contribution < -0.4 is 11.5 Å².